The number of carbonyl (C=O) groups is 1. The van der Waals surface area contributed by atoms with Crippen molar-refractivity contribution in [1.29, 1.82) is 0 Å². The molecular formula is C17H21N3O2. The Morgan fingerprint density at radius 2 is 2.14 bits per heavy atom. The highest BCUT2D eigenvalue weighted by Gasteiger charge is 2.32. The number of nitrogens with zero attached hydrogens (tertiary/aromatic N) is 3. The van der Waals surface area contributed by atoms with Gasteiger partial charge >= 0.3 is 0 Å². The highest BCUT2D eigenvalue weighted by Crippen LogP contribution is 2.24. The average Bonchev–Trinajstić information content (AvgIpc) is 3.05. The molecule has 0 radical (unpaired) electrons. The summed E-state index contributed by atoms with van der Waals surface area (Å²) >= 11 is 0. The Morgan fingerprint density at radius 1 is 1.36 bits per heavy atom. The second-order valence-electron chi connectivity index (χ2n) is 5.88. The lowest BCUT2D eigenvalue weighted by atomic mass is 9.91. The first-order valence-electron chi connectivity index (χ1n) is 7.72. The molecule has 0 aliphatic carbocycles. The number of likely N-dealkylation sites (tertiary alicyclic amines) is 1. The Kier molecular flexibility index (Phi) is 4.24. The lowest BCUT2D eigenvalue weighted by molar-refractivity contribution is 0.0358. The number of hydrogen-bond donors (Lipinski definition) is 1. The number of piperidine rings is 1. The van der Waals surface area contributed by atoms with Crippen LogP contribution in [-0.4, -0.2) is 44.9 Å². The van der Waals surface area contributed by atoms with Crippen molar-refractivity contribution in [3.8, 4) is 5.69 Å². The molecule has 2 heterocycles. The molecule has 1 aromatic heterocycles. The average molecular weight is 299 g/mol. The summed E-state index contributed by atoms with van der Waals surface area (Å²) in [6, 6.07) is 9.61. The predicted molar refractivity (Wildman–Crippen MR) is 83.9 cm³/mol. The van der Waals surface area contributed by atoms with Gasteiger partial charge < -0.3 is 10.0 Å². The van der Waals surface area contributed by atoms with Crippen LogP contribution in [0.3, 0.4) is 0 Å². The van der Waals surface area contributed by atoms with Gasteiger partial charge in [0.2, 0.25) is 0 Å². The maximum atomic E-state index is 12.7. The second kappa shape index (κ2) is 6.32. The zero-order valence-corrected chi connectivity index (χ0v) is 12.7. The van der Waals surface area contributed by atoms with Crippen LogP contribution < -0.4 is 0 Å². The molecule has 2 unspecified atom stereocenters. The minimum absolute atomic E-state index is 0.0136. The van der Waals surface area contributed by atoms with E-state index in [1.54, 1.807) is 22.0 Å². The lowest BCUT2D eigenvalue weighted by Crippen LogP contribution is -2.49. The molecule has 1 aliphatic heterocycles. The summed E-state index contributed by atoms with van der Waals surface area (Å²) in [5.74, 6) is 0.277. The minimum Gasteiger partial charge on any atom is -0.394 e. The number of aliphatic hydroxyl groups excluding tert-OH is 1. The molecule has 1 fully saturated rings. The third kappa shape index (κ3) is 2.76. The molecule has 5 nitrogen and oxygen atoms in total. The monoisotopic (exact) mass is 299 g/mol. The van der Waals surface area contributed by atoms with Crippen molar-refractivity contribution in [2.45, 2.75) is 25.8 Å². The number of amides is 1. The van der Waals surface area contributed by atoms with Gasteiger partial charge in [-0.1, -0.05) is 25.1 Å². The summed E-state index contributed by atoms with van der Waals surface area (Å²) in [4.78, 5) is 14.5. The quantitative estimate of drug-likeness (QED) is 0.944. The molecule has 1 amide bonds. The van der Waals surface area contributed by atoms with E-state index in [1.807, 2.05) is 30.3 Å². The van der Waals surface area contributed by atoms with Crippen LogP contribution in [0.15, 0.2) is 42.7 Å². The van der Waals surface area contributed by atoms with Crippen LogP contribution in [0.25, 0.3) is 5.69 Å². The number of benzene rings is 1. The van der Waals surface area contributed by atoms with Crippen LogP contribution in [0.4, 0.5) is 0 Å². The Bertz CT molecular complexity index is 638. The Morgan fingerprint density at radius 3 is 2.86 bits per heavy atom. The lowest BCUT2D eigenvalue weighted by Gasteiger charge is -2.38. The normalized spacial score (nSPS) is 21.8. The van der Waals surface area contributed by atoms with Gasteiger partial charge in [0.05, 0.1) is 30.1 Å². The number of para-hydroxylation sites is 1. The maximum absolute atomic E-state index is 12.7. The molecule has 0 saturated carbocycles. The number of carbonyl (C=O) groups excluding carboxylic acids is 1. The molecule has 22 heavy (non-hydrogen) atoms. The van der Waals surface area contributed by atoms with Crippen molar-refractivity contribution in [2.75, 3.05) is 13.2 Å². The van der Waals surface area contributed by atoms with Gasteiger partial charge in [-0.15, -0.1) is 0 Å². The molecule has 5 heteroatoms. The van der Waals surface area contributed by atoms with Crippen LogP contribution in [0.5, 0.6) is 0 Å². The maximum Gasteiger partial charge on any atom is 0.257 e. The first-order valence-corrected chi connectivity index (χ1v) is 7.72. The summed E-state index contributed by atoms with van der Waals surface area (Å²) in [6.45, 7) is 2.80. The van der Waals surface area contributed by atoms with Crippen molar-refractivity contribution < 1.29 is 9.90 Å². The van der Waals surface area contributed by atoms with Crippen molar-refractivity contribution in [1.82, 2.24) is 14.7 Å². The topological polar surface area (TPSA) is 58.4 Å². The molecule has 0 spiro atoms. The predicted octanol–water partition coefficient (Wildman–Crippen LogP) is 2.11. The van der Waals surface area contributed by atoms with Crippen LogP contribution in [0.1, 0.15) is 30.1 Å². The summed E-state index contributed by atoms with van der Waals surface area (Å²) in [5, 5.41) is 13.9. The summed E-state index contributed by atoms with van der Waals surface area (Å²) in [7, 11) is 0. The first kappa shape index (κ1) is 14.8. The van der Waals surface area contributed by atoms with E-state index in [4.69, 9.17) is 0 Å². The zero-order chi connectivity index (χ0) is 15.5. The number of aliphatic hydroxyl groups is 1. The van der Waals surface area contributed by atoms with E-state index in [-0.39, 0.29) is 18.6 Å². The Labute approximate surface area is 130 Å². The molecule has 1 aromatic carbocycles. The second-order valence-corrected chi connectivity index (χ2v) is 5.88. The van der Waals surface area contributed by atoms with Crippen LogP contribution in [0.2, 0.25) is 0 Å². The highest BCUT2D eigenvalue weighted by molar-refractivity contribution is 5.94. The summed E-state index contributed by atoms with van der Waals surface area (Å²) in [5.41, 5.74) is 1.49. The van der Waals surface area contributed by atoms with Gasteiger partial charge in [0.1, 0.15) is 0 Å². The Hall–Kier alpha value is -2.14. The summed E-state index contributed by atoms with van der Waals surface area (Å²) < 4.78 is 1.70. The van der Waals surface area contributed by atoms with Crippen molar-refractivity contribution in [3.05, 3.63) is 48.3 Å². The van der Waals surface area contributed by atoms with E-state index in [9.17, 15) is 9.90 Å². The number of hydrogen-bond acceptors (Lipinski definition) is 3. The van der Waals surface area contributed by atoms with E-state index in [0.29, 0.717) is 18.0 Å². The van der Waals surface area contributed by atoms with E-state index in [1.165, 1.54) is 0 Å². The van der Waals surface area contributed by atoms with Gasteiger partial charge in [0.15, 0.2) is 0 Å². The molecule has 2 aromatic rings. The van der Waals surface area contributed by atoms with Crippen LogP contribution >= 0.6 is 0 Å². The molecule has 0 bridgehead atoms. The minimum atomic E-state index is -0.0960. The van der Waals surface area contributed by atoms with E-state index in [0.717, 1.165) is 18.5 Å². The smallest absolute Gasteiger partial charge is 0.257 e. The van der Waals surface area contributed by atoms with E-state index >= 15 is 0 Å². The van der Waals surface area contributed by atoms with Gasteiger partial charge in [-0.2, -0.15) is 5.10 Å². The van der Waals surface area contributed by atoms with E-state index < -0.39 is 0 Å². The van der Waals surface area contributed by atoms with Gasteiger partial charge in [0.25, 0.3) is 5.91 Å². The van der Waals surface area contributed by atoms with Crippen molar-refractivity contribution >= 4 is 5.91 Å². The van der Waals surface area contributed by atoms with Crippen molar-refractivity contribution in [2.24, 2.45) is 5.92 Å². The standard InChI is InChI=1S/C17H21N3O2/c1-13-6-5-9-19(16(13)12-21)17(22)14-10-18-20(11-14)15-7-3-2-4-8-15/h2-4,7-8,10-11,13,16,21H,5-6,9,12H2,1H3. The molecule has 1 saturated heterocycles. The van der Waals surface area contributed by atoms with Gasteiger partial charge in [-0.25, -0.2) is 4.68 Å². The third-order valence-electron chi connectivity index (χ3n) is 4.41. The molecular weight excluding hydrogens is 278 g/mol. The van der Waals surface area contributed by atoms with Crippen LogP contribution in [-0.2, 0) is 0 Å². The first-order chi connectivity index (χ1) is 10.7. The molecule has 1 N–H and O–H groups in total. The fraction of sp³-hybridized carbons (Fsp3) is 0.412. The van der Waals surface area contributed by atoms with Gasteiger partial charge in [0, 0.05) is 12.7 Å². The third-order valence-corrected chi connectivity index (χ3v) is 4.41. The van der Waals surface area contributed by atoms with Gasteiger partial charge in [-0.05, 0) is 30.9 Å². The number of rotatable bonds is 3. The van der Waals surface area contributed by atoms with Gasteiger partial charge in [-0.3, -0.25) is 4.79 Å². The summed E-state index contributed by atoms with van der Waals surface area (Å²) in [6.07, 6.45) is 5.39. The number of aromatic nitrogens is 2. The SMILES string of the molecule is CC1CCCN(C(=O)c2cnn(-c3ccccc3)c2)C1CO. The molecule has 2 atom stereocenters. The van der Waals surface area contributed by atoms with E-state index in [2.05, 4.69) is 12.0 Å². The zero-order valence-electron chi connectivity index (χ0n) is 12.7. The molecule has 1 aliphatic rings. The highest BCUT2D eigenvalue weighted by atomic mass is 16.3. The fourth-order valence-electron chi connectivity index (χ4n) is 3.10. The largest absolute Gasteiger partial charge is 0.394 e. The van der Waals surface area contributed by atoms with Crippen molar-refractivity contribution in [3.63, 3.8) is 0 Å². The fourth-order valence-corrected chi connectivity index (χ4v) is 3.10. The molecule has 3 rings (SSSR count). The van der Waals surface area contributed by atoms with Crippen LogP contribution in [0, 0.1) is 5.92 Å². The Balaban J connectivity index is 1.82. The molecule has 116 valence electrons.